The Morgan fingerprint density at radius 1 is 0.284 bits per heavy atom. The molecule has 1 atom stereocenters. The Balaban J connectivity index is 4.20. The van der Waals surface area contributed by atoms with Crippen molar-refractivity contribution in [3.63, 3.8) is 0 Å². The number of hydrogen-bond acceptors (Lipinski definition) is 6. The van der Waals surface area contributed by atoms with Crippen LogP contribution in [-0.4, -0.2) is 37.2 Å². The van der Waals surface area contributed by atoms with Gasteiger partial charge in [0, 0.05) is 19.3 Å². The Morgan fingerprint density at radius 2 is 0.493 bits per heavy atom. The van der Waals surface area contributed by atoms with Gasteiger partial charge in [0.15, 0.2) is 6.10 Å². The highest BCUT2D eigenvalue weighted by molar-refractivity contribution is 5.71. The fraction of sp³-hybridized carbons (Fsp3) is 0.951. The minimum absolute atomic E-state index is 0.0616. The molecule has 0 heterocycles. The van der Waals surface area contributed by atoms with Gasteiger partial charge in [-0.05, 0) is 25.2 Å². The molecule has 0 aromatic rings. The second-order valence-corrected chi connectivity index (χ2v) is 21.5. The van der Waals surface area contributed by atoms with Crippen molar-refractivity contribution in [2.24, 2.45) is 5.92 Å². The summed E-state index contributed by atoms with van der Waals surface area (Å²) < 4.78 is 16.9. The van der Waals surface area contributed by atoms with E-state index in [1.54, 1.807) is 0 Å². The molecule has 0 aliphatic heterocycles. The molecule has 0 aromatic carbocycles. The van der Waals surface area contributed by atoms with Gasteiger partial charge in [-0.25, -0.2) is 0 Å². The lowest BCUT2D eigenvalue weighted by Crippen LogP contribution is -2.30. The van der Waals surface area contributed by atoms with E-state index < -0.39 is 6.10 Å². The minimum atomic E-state index is -0.761. The normalized spacial score (nSPS) is 12.0. The molecule has 0 saturated carbocycles. The van der Waals surface area contributed by atoms with Gasteiger partial charge in [-0.1, -0.05) is 310 Å². The first-order chi connectivity index (χ1) is 32.9. The third-order valence-electron chi connectivity index (χ3n) is 14.0. The summed E-state index contributed by atoms with van der Waals surface area (Å²) in [6.07, 6.45) is 61.0. The number of hydrogen-bond donors (Lipinski definition) is 0. The highest BCUT2D eigenvalue weighted by Crippen LogP contribution is 2.18. The van der Waals surface area contributed by atoms with Crippen LogP contribution >= 0.6 is 0 Å². The molecular weight excluding hydrogens is 829 g/mol. The molecule has 0 aliphatic carbocycles. The van der Waals surface area contributed by atoms with Crippen molar-refractivity contribution < 1.29 is 28.6 Å². The SMILES string of the molecule is CCCCCCCCCCCCCCCCCCCC(=O)OC[C@H](COC(=O)CCCCCCCCCCCCCCCCCCCCC(C)C)OC(=O)CCCCCCCCCCCCC. The van der Waals surface area contributed by atoms with Gasteiger partial charge in [0.05, 0.1) is 0 Å². The molecule has 0 N–H and O–H groups in total. The highest BCUT2D eigenvalue weighted by Gasteiger charge is 2.19. The fourth-order valence-corrected chi connectivity index (χ4v) is 9.46. The Kier molecular flexibility index (Phi) is 54.0. The first kappa shape index (κ1) is 65.4. The zero-order valence-corrected chi connectivity index (χ0v) is 45.9. The Labute approximate surface area is 418 Å². The van der Waals surface area contributed by atoms with Crippen molar-refractivity contribution in [2.75, 3.05) is 13.2 Å². The van der Waals surface area contributed by atoms with Gasteiger partial charge in [0.2, 0.25) is 0 Å². The van der Waals surface area contributed by atoms with Crippen LogP contribution in [-0.2, 0) is 28.6 Å². The number of carbonyl (C=O) groups is 3. The Morgan fingerprint density at radius 3 is 0.731 bits per heavy atom. The van der Waals surface area contributed by atoms with E-state index in [0.29, 0.717) is 19.3 Å². The number of unbranched alkanes of at least 4 members (excludes halogenated alkanes) is 43. The third-order valence-corrected chi connectivity index (χ3v) is 14.0. The molecule has 398 valence electrons. The maximum absolute atomic E-state index is 12.8. The van der Waals surface area contributed by atoms with E-state index in [1.165, 1.54) is 244 Å². The van der Waals surface area contributed by atoms with E-state index >= 15 is 0 Å². The van der Waals surface area contributed by atoms with Crippen molar-refractivity contribution in [1.29, 1.82) is 0 Å². The van der Waals surface area contributed by atoms with Crippen LogP contribution in [0.25, 0.3) is 0 Å². The zero-order chi connectivity index (χ0) is 48.8. The maximum Gasteiger partial charge on any atom is 0.306 e. The molecule has 0 unspecified atom stereocenters. The molecule has 0 fully saturated rings. The lowest BCUT2D eigenvalue weighted by Gasteiger charge is -2.18. The lowest BCUT2D eigenvalue weighted by molar-refractivity contribution is -0.167. The standard InChI is InChI=1S/C61H118O6/c1-5-7-9-11-13-15-17-18-19-22-26-29-33-36-40-44-48-52-59(62)65-55-58(67-61(64)54-50-46-42-38-31-16-14-12-10-8-6-2)56-66-60(63)53-49-45-41-37-34-30-27-24-21-20-23-25-28-32-35-39-43-47-51-57(3)4/h57-58H,5-56H2,1-4H3/t58-/m1/s1. The monoisotopic (exact) mass is 947 g/mol. The predicted molar refractivity (Wildman–Crippen MR) is 289 cm³/mol. The van der Waals surface area contributed by atoms with Crippen LogP contribution in [0.2, 0.25) is 0 Å². The Hall–Kier alpha value is -1.59. The van der Waals surface area contributed by atoms with E-state index in [1.807, 2.05) is 0 Å². The molecule has 0 radical (unpaired) electrons. The van der Waals surface area contributed by atoms with Crippen LogP contribution in [0.15, 0.2) is 0 Å². The molecule has 0 bridgehead atoms. The topological polar surface area (TPSA) is 78.9 Å². The van der Waals surface area contributed by atoms with Gasteiger partial charge >= 0.3 is 17.9 Å². The third kappa shape index (κ3) is 55.2. The van der Waals surface area contributed by atoms with Crippen LogP contribution in [0.1, 0.15) is 349 Å². The molecule has 0 aromatic heterocycles. The van der Waals surface area contributed by atoms with Crippen LogP contribution in [0.3, 0.4) is 0 Å². The number of rotatable bonds is 56. The van der Waals surface area contributed by atoms with E-state index in [9.17, 15) is 14.4 Å². The predicted octanol–water partition coefficient (Wildman–Crippen LogP) is 20.2. The summed E-state index contributed by atoms with van der Waals surface area (Å²) >= 11 is 0. The number of esters is 3. The van der Waals surface area contributed by atoms with Crippen molar-refractivity contribution in [1.82, 2.24) is 0 Å². The second kappa shape index (κ2) is 55.3. The van der Waals surface area contributed by atoms with Gasteiger partial charge in [-0.15, -0.1) is 0 Å². The molecule has 0 amide bonds. The molecule has 0 saturated heterocycles. The summed E-state index contributed by atoms with van der Waals surface area (Å²) in [5, 5.41) is 0. The van der Waals surface area contributed by atoms with E-state index in [-0.39, 0.29) is 31.1 Å². The summed E-state index contributed by atoms with van der Waals surface area (Å²) in [5.74, 6) is 0.0262. The average Bonchev–Trinajstić information content (AvgIpc) is 3.31. The first-order valence-corrected chi connectivity index (χ1v) is 30.4. The van der Waals surface area contributed by atoms with Crippen molar-refractivity contribution in [3.8, 4) is 0 Å². The minimum Gasteiger partial charge on any atom is -0.462 e. The molecule has 0 aliphatic rings. The largest absolute Gasteiger partial charge is 0.462 e. The number of carbonyl (C=O) groups excluding carboxylic acids is 3. The van der Waals surface area contributed by atoms with E-state index in [2.05, 4.69) is 27.7 Å². The van der Waals surface area contributed by atoms with Gasteiger partial charge < -0.3 is 14.2 Å². The van der Waals surface area contributed by atoms with Crippen LogP contribution < -0.4 is 0 Å². The summed E-state index contributed by atoms with van der Waals surface area (Å²) in [5.41, 5.74) is 0. The van der Waals surface area contributed by atoms with Gasteiger partial charge in [0.1, 0.15) is 13.2 Å². The molecule has 67 heavy (non-hydrogen) atoms. The number of ether oxygens (including phenoxy) is 3. The van der Waals surface area contributed by atoms with Crippen molar-refractivity contribution >= 4 is 17.9 Å². The Bertz CT molecular complexity index is 1010. The smallest absolute Gasteiger partial charge is 0.306 e. The summed E-state index contributed by atoms with van der Waals surface area (Å²) in [6.45, 7) is 9.08. The first-order valence-electron chi connectivity index (χ1n) is 30.4. The fourth-order valence-electron chi connectivity index (χ4n) is 9.46. The highest BCUT2D eigenvalue weighted by atomic mass is 16.6. The van der Waals surface area contributed by atoms with E-state index in [4.69, 9.17) is 14.2 Å². The van der Waals surface area contributed by atoms with Gasteiger partial charge in [-0.3, -0.25) is 14.4 Å². The molecule has 0 spiro atoms. The lowest BCUT2D eigenvalue weighted by atomic mass is 10.0. The van der Waals surface area contributed by atoms with Crippen molar-refractivity contribution in [2.45, 2.75) is 355 Å². The van der Waals surface area contributed by atoms with Gasteiger partial charge in [0.25, 0.3) is 0 Å². The quantitative estimate of drug-likeness (QED) is 0.0343. The molecule has 0 rings (SSSR count). The van der Waals surface area contributed by atoms with Gasteiger partial charge in [-0.2, -0.15) is 0 Å². The summed E-state index contributed by atoms with van der Waals surface area (Å²) in [6, 6.07) is 0. The zero-order valence-electron chi connectivity index (χ0n) is 45.9. The van der Waals surface area contributed by atoms with Crippen molar-refractivity contribution in [3.05, 3.63) is 0 Å². The molecule has 6 heteroatoms. The molecular formula is C61H118O6. The summed E-state index contributed by atoms with van der Waals surface area (Å²) in [7, 11) is 0. The van der Waals surface area contributed by atoms with Crippen LogP contribution in [0, 0.1) is 5.92 Å². The van der Waals surface area contributed by atoms with Crippen LogP contribution in [0.4, 0.5) is 0 Å². The second-order valence-electron chi connectivity index (χ2n) is 21.5. The average molecular weight is 948 g/mol. The summed E-state index contributed by atoms with van der Waals surface area (Å²) in [4.78, 5) is 38.1. The maximum atomic E-state index is 12.8. The molecule has 6 nitrogen and oxygen atoms in total. The van der Waals surface area contributed by atoms with E-state index in [0.717, 1.165) is 63.7 Å². The van der Waals surface area contributed by atoms with Crippen LogP contribution in [0.5, 0.6) is 0 Å².